The molecule has 1 aliphatic rings. The first kappa shape index (κ1) is 77.8. The molecule has 502 valence electrons. The van der Waals surface area contributed by atoms with Gasteiger partial charge in [0.15, 0.2) is 0 Å². The summed E-state index contributed by atoms with van der Waals surface area (Å²) in [6.07, 6.45) is 0.540. The Bertz CT molecular complexity index is 2500. The normalized spacial score (nSPS) is 21.0. The van der Waals surface area contributed by atoms with E-state index < -0.39 is 193 Å². The average molecular weight is 1260 g/mol. The van der Waals surface area contributed by atoms with Crippen molar-refractivity contribution in [1.29, 1.82) is 0 Å². The summed E-state index contributed by atoms with van der Waals surface area (Å²) >= 11 is 0. The van der Waals surface area contributed by atoms with Gasteiger partial charge < -0.3 is 90.6 Å². The molecule has 1 heterocycles. The van der Waals surface area contributed by atoms with E-state index in [1.165, 1.54) is 6.92 Å². The molecule has 1 aliphatic heterocycles. The fourth-order valence-corrected chi connectivity index (χ4v) is 9.55. The number of hydrogen-bond donors (Lipinski definition) is 16. The van der Waals surface area contributed by atoms with E-state index >= 15 is 0 Å². The summed E-state index contributed by atoms with van der Waals surface area (Å²) in [6, 6.07) is -6.23. The van der Waals surface area contributed by atoms with Crippen LogP contribution in [-0.4, -0.2) is 187 Å². The molecule has 16 atom stereocenters. The van der Waals surface area contributed by atoms with Crippen LogP contribution < -0.4 is 75.7 Å². The van der Waals surface area contributed by atoms with Gasteiger partial charge in [-0.15, -0.1) is 0 Å². The van der Waals surface area contributed by atoms with Crippen molar-refractivity contribution in [2.24, 2.45) is 40.9 Å². The van der Waals surface area contributed by atoms with Crippen LogP contribution in [0.15, 0.2) is 30.3 Å². The minimum Gasteiger partial charge on any atom is -0.458 e. The topological polar surface area (TPSA) is 465 Å². The van der Waals surface area contributed by atoms with E-state index in [0.717, 1.165) is 5.56 Å². The molecule has 0 radical (unpaired) electrons. The molecule has 1 saturated heterocycles. The maximum Gasteiger partial charge on any atom is 0.329 e. The van der Waals surface area contributed by atoms with Gasteiger partial charge in [0.05, 0.1) is 19.3 Å². The molecule has 0 aliphatic carbocycles. The van der Waals surface area contributed by atoms with Crippen LogP contribution in [-0.2, 0) is 68.7 Å². The van der Waals surface area contributed by atoms with Gasteiger partial charge in [0.2, 0.25) is 65.0 Å². The van der Waals surface area contributed by atoms with E-state index in [2.05, 4.69) is 58.5 Å². The molecular formula is C60H102N14O15. The lowest BCUT2D eigenvalue weighted by atomic mass is 9.94. The number of nitrogens with two attached hydrogens (primary N) is 3. The Morgan fingerprint density at radius 2 is 1.00 bits per heavy atom. The molecule has 1 fully saturated rings. The highest BCUT2D eigenvalue weighted by atomic mass is 16.5. The number of hydrogen-bond acceptors (Lipinski definition) is 18. The molecular weight excluding hydrogens is 1160 g/mol. The van der Waals surface area contributed by atoms with E-state index in [9.17, 15) is 67.7 Å². The number of likely N-dealkylation sites (N-methyl/N-ethyl adjacent to an activating group) is 1. The molecule has 29 heteroatoms. The highest BCUT2D eigenvalue weighted by molar-refractivity contribution is 5.99. The number of nitrogens with one attached hydrogen (secondary N) is 11. The summed E-state index contributed by atoms with van der Waals surface area (Å²) < 4.78 is 5.77. The highest BCUT2D eigenvalue weighted by Gasteiger charge is 2.41. The van der Waals surface area contributed by atoms with E-state index in [-0.39, 0.29) is 38.8 Å². The van der Waals surface area contributed by atoms with Crippen LogP contribution in [0.1, 0.15) is 139 Å². The lowest BCUT2D eigenvalue weighted by Gasteiger charge is -2.31. The number of carbonyl (C=O) groups is 12. The predicted molar refractivity (Wildman–Crippen MR) is 329 cm³/mol. The smallest absolute Gasteiger partial charge is 0.329 e. The predicted octanol–water partition coefficient (Wildman–Crippen LogP) is -3.09. The molecule has 0 aromatic heterocycles. The van der Waals surface area contributed by atoms with Crippen LogP contribution in [0.4, 0.5) is 0 Å². The minimum atomic E-state index is -1.83. The third-order valence-corrected chi connectivity index (χ3v) is 16.3. The van der Waals surface area contributed by atoms with Gasteiger partial charge in [0.25, 0.3) is 0 Å². The number of amides is 11. The van der Waals surface area contributed by atoms with Crippen LogP contribution in [0, 0.1) is 23.7 Å². The van der Waals surface area contributed by atoms with E-state index in [1.54, 1.807) is 62.4 Å². The maximum absolute atomic E-state index is 14.4. The molecule has 0 unspecified atom stereocenters. The zero-order valence-corrected chi connectivity index (χ0v) is 53.4. The number of cyclic esters (lactones) is 1. The molecule has 19 N–H and O–H groups in total. The third kappa shape index (κ3) is 25.2. The van der Waals surface area contributed by atoms with Crippen molar-refractivity contribution in [2.45, 2.75) is 212 Å². The SMILES string of the molecule is CC[C@H](C)[C@H](NC(=O)[C@@H](Cc1ccccc1)NC)C(=O)N[C@@H](CO)C(=O)N[C@H](CCC(N)=O)C(=O)N[C@@H](C(=O)N[C@H](C(=O)N[C@@H](CO)C(=O)N[C@H]1C(=O)N[C@@H](CCCCN)C(=O)N[C@@H](CCCN)C(=O)N[C@@H]([C@@H](C)CC)C(=O)O[C@H]1C)[C@@H](C)CC)[C@@H](C)CC. The number of benzene rings is 1. The quantitative estimate of drug-likeness (QED) is 0.0232. The van der Waals surface area contributed by atoms with Gasteiger partial charge in [-0.2, -0.15) is 0 Å². The second kappa shape index (κ2) is 40.3. The van der Waals surface area contributed by atoms with Gasteiger partial charge in [-0.1, -0.05) is 111 Å². The number of aliphatic hydroxyl groups excluding tert-OH is 2. The minimum absolute atomic E-state index is 0.0420. The first-order chi connectivity index (χ1) is 42.2. The standard InChI is InChI=1S/C60H102N14O15/c1-11-32(5)45(71-53(81)41(64-10)29-37-21-16-15-17-22-37)56(84)68-42(30-75)54(82)66-40(25-26-44(63)77)52(80)70-47(34(7)13-3)58(86)72-46(33(6)12-2)57(85)69-43(31-76)55(83)74-49-36(9)89-60(88)48(35(8)14-4)73-51(79)39(24-20-28-62)65-50(78)38(67-59(49)87)23-18-19-27-61/h15-17,21-22,32-36,38-43,45-49,64,75-76H,11-14,18-20,23-31,61-62H2,1-10H3,(H2,63,77)(H,65,78)(H,66,82)(H,67,87)(H,68,84)(H,69,85)(H,70,80)(H,71,81)(H,72,86)(H,73,79)(H,74,83)/t32-,33-,34-,35-,36-,38-,39-,40+,41+,42-,43-,45-,46-,47+,48-,49+/m0/s1. The van der Waals surface area contributed by atoms with Crippen molar-refractivity contribution >= 4 is 70.9 Å². The summed E-state index contributed by atoms with van der Waals surface area (Å²) in [5, 5.41) is 49.8. The Morgan fingerprint density at radius 1 is 0.562 bits per heavy atom. The number of ether oxygens (including phenoxy) is 1. The number of esters is 1. The first-order valence-electron chi connectivity index (χ1n) is 31.1. The lowest BCUT2D eigenvalue weighted by Crippen LogP contribution is -2.63. The zero-order chi connectivity index (χ0) is 67.1. The number of carbonyl (C=O) groups excluding carboxylic acids is 12. The molecule has 11 amide bonds. The molecule has 0 spiro atoms. The lowest BCUT2D eigenvalue weighted by molar-refractivity contribution is -0.157. The van der Waals surface area contributed by atoms with Gasteiger partial charge in [-0.3, -0.25) is 52.7 Å². The van der Waals surface area contributed by atoms with E-state index in [4.69, 9.17) is 21.9 Å². The fraction of sp³-hybridized carbons (Fsp3) is 0.700. The molecule has 2 rings (SSSR count). The van der Waals surface area contributed by atoms with Crippen molar-refractivity contribution in [3.8, 4) is 0 Å². The Kier molecular flexibility index (Phi) is 35.2. The second-order valence-electron chi connectivity index (χ2n) is 23.0. The summed E-state index contributed by atoms with van der Waals surface area (Å²) in [7, 11) is 1.60. The summed E-state index contributed by atoms with van der Waals surface area (Å²) in [4.78, 5) is 166. The fourth-order valence-electron chi connectivity index (χ4n) is 9.55. The van der Waals surface area contributed by atoms with Crippen molar-refractivity contribution in [3.63, 3.8) is 0 Å². The Morgan fingerprint density at radius 3 is 1.47 bits per heavy atom. The van der Waals surface area contributed by atoms with Crippen LogP contribution in [0.25, 0.3) is 0 Å². The van der Waals surface area contributed by atoms with Crippen molar-refractivity contribution in [1.82, 2.24) is 58.5 Å². The van der Waals surface area contributed by atoms with Crippen molar-refractivity contribution < 1.29 is 72.5 Å². The molecule has 1 aromatic carbocycles. The maximum atomic E-state index is 14.4. The second-order valence-corrected chi connectivity index (χ2v) is 23.0. The van der Waals surface area contributed by atoms with Crippen LogP contribution >= 0.6 is 0 Å². The Labute approximate surface area is 522 Å². The van der Waals surface area contributed by atoms with Crippen LogP contribution in [0.5, 0.6) is 0 Å². The summed E-state index contributed by atoms with van der Waals surface area (Å²) in [5.41, 5.74) is 17.8. The average Bonchev–Trinajstić information content (AvgIpc) is 3.88. The monoisotopic (exact) mass is 1260 g/mol. The van der Waals surface area contributed by atoms with Gasteiger partial charge >= 0.3 is 5.97 Å². The van der Waals surface area contributed by atoms with Gasteiger partial charge in [0.1, 0.15) is 66.5 Å². The molecule has 1 aromatic rings. The molecule has 89 heavy (non-hydrogen) atoms. The van der Waals surface area contributed by atoms with Gasteiger partial charge in [-0.05, 0) is 101 Å². The van der Waals surface area contributed by atoms with Crippen LogP contribution in [0.3, 0.4) is 0 Å². The molecule has 0 bridgehead atoms. The van der Waals surface area contributed by atoms with Crippen LogP contribution in [0.2, 0.25) is 0 Å². The largest absolute Gasteiger partial charge is 0.458 e. The summed E-state index contributed by atoms with van der Waals surface area (Å²) in [5.74, 6) is -13.0. The van der Waals surface area contributed by atoms with Crippen molar-refractivity contribution in [2.75, 3.05) is 33.4 Å². The molecule has 0 saturated carbocycles. The Balaban J connectivity index is 2.46. The number of rotatable bonds is 37. The van der Waals surface area contributed by atoms with Crippen molar-refractivity contribution in [3.05, 3.63) is 35.9 Å². The number of aliphatic hydroxyl groups is 2. The highest BCUT2D eigenvalue weighted by Crippen LogP contribution is 2.18. The summed E-state index contributed by atoms with van der Waals surface area (Å²) in [6.45, 7) is 13.3. The van der Waals surface area contributed by atoms with Gasteiger partial charge in [-0.25, -0.2) is 4.79 Å². The zero-order valence-electron chi connectivity index (χ0n) is 53.4. The van der Waals surface area contributed by atoms with E-state index in [0.29, 0.717) is 38.5 Å². The Hall–Kier alpha value is -7.34. The van der Waals surface area contributed by atoms with E-state index in [1.807, 2.05) is 30.3 Å². The number of unbranched alkanes of at least 4 members (excludes halogenated alkanes) is 1. The molecule has 29 nitrogen and oxygen atoms in total. The first-order valence-corrected chi connectivity index (χ1v) is 31.1. The van der Waals surface area contributed by atoms with Gasteiger partial charge in [0, 0.05) is 6.42 Å². The number of primary amides is 1. The third-order valence-electron chi connectivity index (χ3n) is 16.3.